The van der Waals surface area contributed by atoms with Crippen molar-refractivity contribution in [2.24, 2.45) is 5.92 Å². The Morgan fingerprint density at radius 2 is 1.31 bits per heavy atom. The van der Waals surface area contributed by atoms with Gasteiger partial charge < -0.3 is 45.1 Å². The van der Waals surface area contributed by atoms with E-state index in [9.17, 15) is 48.6 Å². The molecule has 1 aromatic rings. The normalized spacial score (nSPS) is 19.7. The van der Waals surface area contributed by atoms with Crippen LogP contribution < -0.4 is 11.4 Å². The molecule has 19 nitrogen and oxygen atoms in total. The number of unbranched alkanes of at least 4 members (excludes halogenated alkanes) is 16. The molecule has 21 heteroatoms. The van der Waals surface area contributed by atoms with Crippen molar-refractivity contribution in [2.75, 3.05) is 25.6 Å². The minimum Gasteiger partial charge on any atom is -0.462 e. The van der Waals surface area contributed by atoms with Crippen LogP contribution in [0.15, 0.2) is 77.8 Å². The number of phosphoric acid groups is 2. The van der Waals surface area contributed by atoms with Gasteiger partial charge in [0.2, 0.25) is 0 Å². The van der Waals surface area contributed by atoms with E-state index in [4.69, 9.17) is 29.0 Å². The van der Waals surface area contributed by atoms with Crippen molar-refractivity contribution >= 4 is 33.4 Å². The highest BCUT2D eigenvalue weighted by atomic mass is 31.3. The average molecular weight is 1100 g/mol. The van der Waals surface area contributed by atoms with Gasteiger partial charge in [0, 0.05) is 19.0 Å². The molecule has 0 saturated carbocycles. The molecule has 0 amide bonds. The number of allylic oxidation sites excluding steroid dienone is 8. The van der Waals surface area contributed by atoms with E-state index in [1.165, 1.54) is 83.1 Å². The molecule has 0 radical (unpaired) electrons. The summed E-state index contributed by atoms with van der Waals surface area (Å²) in [6.07, 6.45) is 36.5. The van der Waals surface area contributed by atoms with Gasteiger partial charge in [0.05, 0.1) is 19.3 Å². The number of phosphoric ester groups is 2. The van der Waals surface area contributed by atoms with E-state index < -0.39 is 89.8 Å². The monoisotopic (exact) mass is 1100 g/mol. The number of carbonyl (C=O) groups excluding carboxylic acids is 2. The number of nitrogen functional groups attached to an aromatic ring is 1. The summed E-state index contributed by atoms with van der Waals surface area (Å²) in [6, 6.07) is 1.24. The fraction of sp³-hybridized carbons (Fsp3) is 0.704. The highest BCUT2D eigenvalue weighted by Gasteiger charge is 2.46. The number of ether oxygens (including phenoxy) is 3. The van der Waals surface area contributed by atoms with Crippen LogP contribution in [0, 0.1) is 5.92 Å². The topological polar surface area (TPSA) is 286 Å². The summed E-state index contributed by atoms with van der Waals surface area (Å²) >= 11 is 0. The summed E-state index contributed by atoms with van der Waals surface area (Å²) in [4.78, 5) is 62.0. The molecule has 75 heavy (non-hydrogen) atoms. The lowest BCUT2D eigenvalue weighted by Crippen LogP contribution is -2.36. The zero-order valence-corrected chi connectivity index (χ0v) is 46.7. The molecule has 2 heterocycles. The average Bonchev–Trinajstić information content (AvgIpc) is 3.63. The van der Waals surface area contributed by atoms with Crippen molar-refractivity contribution < 1.29 is 71.4 Å². The summed E-state index contributed by atoms with van der Waals surface area (Å²) < 4.78 is 56.8. The number of nitrogens with zero attached hydrogens (tertiary/aromatic N) is 2. The highest BCUT2D eigenvalue weighted by molar-refractivity contribution is 7.61. The fourth-order valence-corrected chi connectivity index (χ4v) is 10.0. The number of hydrogen-bond donors (Lipinski definition) is 6. The van der Waals surface area contributed by atoms with Gasteiger partial charge in [0.1, 0.15) is 30.7 Å². The second kappa shape index (κ2) is 40.6. The van der Waals surface area contributed by atoms with Crippen LogP contribution in [0.3, 0.4) is 0 Å². The van der Waals surface area contributed by atoms with Crippen LogP contribution >= 0.6 is 15.6 Å². The van der Waals surface area contributed by atoms with E-state index in [2.05, 4.69) is 23.1 Å². The Kier molecular flexibility index (Phi) is 36.6. The van der Waals surface area contributed by atoms with Gasteiger partial charge in [-0.05, 0) is 56.9 Å². The van der Waals surface area contributed by atoms with Gasteiger partial charge in [0.25, 0.3) is 0 Å². The van der Waals surface area contributed by atoms with E-state index in [1.807, 2.05) is 61.6 Å². The van der Waals surface area contributed by atoms with Gasteiger partial charge in [-0.3, -0.25) is 23.2 Å². The molecule has 2 rings (SSSR count). The van der Waals surface area contributed by atoms with Crippen LogP contribution in [-0.2, 0) is 46.3 Å². The van der Waals surface area contributed by atoms with E-state index >= 15 is 0 Å². The van der Waals surface area contributed by atoms with Crippen molar-refractivity contribution in [3.8, 4) is 0 Å². The largest absolute Gasteiger partial charge is 0.481 e. The molecule has 0 spiro atoms. The first-order valence-electron chi connectivity index (χ1n) is 27.3. The van der Waals surface area contributed by atoms with Crippen LogP contribution in [0.4, 0.5) is 5.82 Å². The third-order valence-electron chi connectivity index (χ3n) is 12.1. The smallest absolute Gasteiger partial charge is 0.462 e. The molecule has 1 saturated heterocycles. The summed E-state index contributed by atoms with van der Waals surface area (Å²) in [6.45, 7) is 4.21. The number of hydrogen-bond acceptors (Lipinski definition) is 16. The molecule has 8 atom stereocenters. The van der Waals surface area contributed by atoms with Gasteiger partial charge in [-0.25, -0.2) is 13.9 Å². The summed E-state index contributed by atoms with van der Waals surface area (Å²) in [5.74, 6) is -0.585. The standard InChI is InChI=1S/C54H91N3O16P2/c1-4-5-35-45(58)36-31-27-23-19-15-12-13-17-21-25-29-33-38-50(60)71-46(41-68-49(59)37-32-28-24-20-16-11-9-7-6-8-10-14-18-22-26-30-34-44(2)3)42-69-74(64,65)73-75(66,67)70-43-47-51(61)52(62)53(72-47)57-40-39-48(55)56-54(57)63/h5,12-13,19,21,23,25,27,31,35,39-40,44-47,51-53,58,61-62H,4,6-11,14-18,20,22,24,26,28-30,32-34,36-38,41-43H2,1-3H3,(H,64,65)(H,66,67)(H2,55,56,63)/b13-12-,23-19-,25-21-,31-27+,35-5-/t45?,46-,47-,51-,52-,53-/m1/s1. The zero-order valence-electron chi connectivity index (χ0n) is 44.9. The van der Waals surface area contributed by atoms with Crippen molar-refractivity contribution in [3.63, 3.8) is 0 Å². The van der Waals surface area contributed by atoms with Gasteiger partial charge in [0.15, 0.2) is 12.3 Å². The molecular weight excluding hydrogens is 1010 g/mol. The summed E-state index contributed by atoms with van der Waals surface area (Å²) in [5, 5.41) is 30.8. The zero-order chi connectivity index (χ0) is 55.2. The molecule has 3 unspecified atom stereocenters. The van der Waals surface area contributed by atoms with Crippen molar-refractivity contribution in [3.05, 3.63) is 83.5 Å². The van der Waals surface area contributed by atoms with E-state index in [1.54, 1.807) is 6.08 Å². The Morgan fingerprint density at radius 1 is 0.747 bits per heavy atom. The lowest BCUT2D eigenvalue weighted by molar-refractivity contribution is -0.161. The lowest BCUT2D eigenvalue weighted by atomic mass is 10.0. The number of aromatic nitrogens is 2. The summed E-state index contributed by atoms with van der Waals surface area (Å²) in [7, 11) is -10.9. The molecule has 428 valence electrons. The SMILES string of the molecule is CC/C=C\C(O)C/C=C/C=C\C/C=C\C/C=C\CCCC(=O)O[C@H](COC(=O)CCCCCCCCCCCCCCCCCCC(C)C)COP(=O)(O)OP(=O)(O)OC[C@H]1O[C@@H](n2ccc(N)nc2=O)[C@H](O)[C@@H]1O. The highest BCUT2D eigenvalue weighted by Crippen LogP contribution is 2.60. The Balaban J connectivity index is 1.80. The van der Waals surface area contributed by atoms with Gasteiger partial charge in [-0.2, -0.15) is 9.29 Å². The Hall–Kier alpha value is -3.58. The Labute approximate surface area is 445 Å². The van der Waals surface area contributed by atoms with Gasteiger partial charge >= 0.3 is 33.3 Å². The minimum absolute atomic E-state index is 0.0468. The van der Waals surface area contributed by atoms with Crippen LogP contribution in [0.2, 0.25) is 0 Å². The van der Waals surface area contributed by atoms with Crippen LogP contribution in [0.5, 0.6) is 0 Å². The number of aliphatic hydroxyl groups excluding tert-OH is 3. The third-order valence-corrected chi connectivity index (χ3v) is 14.7. The fourth-order valence-electron chi connectivity index (χ4n) is 7.91. The molecule has 1 aromatic heterocycles. The van der Waals surface area contributed by atoms with Crippen molar-refractivity contribution in [1.29, 1.82) is 0 Å². The molecule has 0 bridgehead atoms. The molecule has 7 N–H and O–H groups in total. The van der Waals surface area contributed by atoms with E-state index in [0.717, 1.165) is 55.2 Å². The predicted molar refractivity (Wildman–Crippen MR) is 290 cm³/mol. The lowest BCUT2D eigenvalue weighted by Gasteiger charge is -2.21. The molecule has 1 aliphatic rings. The second-order valence-corrected chi connectivity index (χ2v) is 22.4. The molecule has 1 aliphatic heterocycles. The Bertz CT molecular complexity index is 2030. The number of aliphatic hydroxyl groups is 3. The number of esters is 2. The molecular formula is C54H91N3O16P2. The molecule has 0 aliphatic carbocycles. The van der Waals surface area contributed by atoms with Crippen LogP contribution in [-0.4, -0.2) is 96.9 Å². The first-order valence-corrected chi connectivity index (χ1v) is 30.3. The first kappa shape index (κ1) is 67.5. The predicted octanol–water partition coefficient (Wildman–Crippen LogP) is 10.7. The molecule has 0 aromatic carbocycles. The summed E-state index contributed by atoms with van der Waals surface area (Å²) in [5.41, 5.74) is 4.58. The van der Waals surface area contributed by atoms with Crippen LogP contribution in [0.1, 0.15) is 188 Å². The Morgan fingerprint density at radius 3 is 1.92 bits per heavy atom. The molecule has 1 fully saturated rings. The first-order chi connectivity index (χ1) is 35.9. The second-order valence-electron chi connectivity index (χ2n) is 19.4. The van der Waals surface area contributed by atoms with Crippen LogP contribution in [0.25, 0.3) is 0 Å². The maximum atomic E-state index is 12.9. The van der Waals surface area contributed by atoms with Crippen molar-refractivity contribution in [2.45, 2.75) is 218 Å². The number of nitrogens with two attached hydrogens (primary N) is 1. The maximum absolute atomic E-state index is 12.9. The maximum Gasteiger partial charge on any atom is 0.481 e. The van der Waals surface area contributed by atoms with E-state index in [0.29, 0.717) is 32.1 Å². The van der Waals surface area contributed by atoms with E-state index in [-0.39, 0.29) is 18.7 Å². The van der Waals surface area contributed by atoms with Crippen molar-refractivity contribution in [1.82, 2.24) is 9.55 Å². The minimum atomic E-state index is -5.45. The number of rotatable bonds is 44. The number of carbonyl (C=O) groups is 2. The quantitative estimate of drug-likeness (QED) is 0.0116. The third kappa shape index (κ3) is 34.0. The number of anilines is 1. The van der Waals surface area contributed by atoms with Gasteiger partial charge in [-0.1, -0.05) is 184 Å². The van der Waals surface area contributed by atoms with Gasteiger partial charge in [-0.15, -0.1) is 0 Å².